The molecule has 94 valence electrons. The van der Waals surface area contributed by atoms with Crippen LogP contribution in [0, 0.1) is 6.92 Å². The predicted molar refractivity (Wildman–Crippen MR) is 77.2 cm³/mol. The normalized spacial score (nSPS) is 9.50. The van der Waals surface area contributed by atoms with E-state index in [2.05, 4.69) is 65.8 Å². The molecule has 0 heterocycles. The fourth-order valence-corrected chi connectivity index (χ4v) is 1.05. The highest BCUT2D eigenvalue weighted by Gasteiger charge is 2.11. The quantitative estimate of drug-likeness (QED) is 0.525. The first-order valence-electron chi connectivity index (χ1n) is 6.49. The molecule has 1 rings (SSSR count). The Kier molecular flexibility index (Phi) is 10.4. The number of aryl methyl sites for hydroxylation is 1. The number of rotatable bonds is 0. The summed E-state index contributed by atoms with van der Waals surface area (Å²) in [6.07, 6.45) is 1.25. The Labute approximate surface area is 103 Å². The highest BCUT2D eigenvalue weighted by molar-refractivity contribution is 5.26. The van der Waals surface area contributed by atoms with Crippen LogP contribution in [-0.2, 0) is 5.41 Å². The van der Waals surface area contributed by atoms with Gasteiger partial charge < -0.3 is 0 Å². The molecule has 0 fully saturated rings. The first kappa shape index (κ1) is 17.6. The summed E-state index contributed by atoms with van der Waals surface area (Å²) < 4.78 is 0. The zero-order valence-corrected chi connectivity index (χ0v) is 12.5. The molecule has 0 aromatic heterocycles. The maximum absolute atomic E-state index is 2.23. The van der Waals surface area contributed by atoms with Gasteiger partial charge in [0.05, 0.1) is 0 Å². The molecule has 1 aromatic rings. The third-order valence-electron chi connectivity index (χ3n) is 1.92. The van der Waals surface area contributed by atoms with Gasteiger partial charge in [-0.1, -0.05) is 84.7 Å². The molecule has 0 aliphatic rings. The van der Waals surface area contributed by atoms with Crippen LogP contribution in [0.25, 0.3) is 0 Å². The van der Waals surface area contributed by atoms with Crippen LogP contribution in [0.4, 0.5) is 0 Å². The van der Waals surface area contributed by atoms with Crippen molar-refractivity contribution >= 4 is 0 Å². The first-order chi connectivity index (χ1) is 7.41. The highest BCUT2D eigenvalue weighted by atomic mass is 14.2. The molecular weight excluding hydrogens is 192 g/mol. The minimum Gasteiger partial charge on any atom is -0.0683 e. The Morgan fingerprint density at radius 2 is 1.19 bits per heavy atom. The van der Waals surface area contributed by atoms with E-state index in [1.54, 1.807) is 0 Å². The SMILES string of the molecule is CC.CCC.Cc1ccc(C(C)(C)C)cc1. The molecule has 0 bridgehead atoms. The van der Waals surface area contributed by atoms with E-state index < -0.39 is 0 Å². The Morgan fingerprint density at radius 3 is 1.44 bits per heavy atom. The largest absolute Gasteiger partial charge is 0.0683 e. The van der Waals surface area contributed by atoms with Crippen LogP contribution in [0.1, 0.15) is 66.0 Å². The van der Waals surface area contributed by atoms with Crippen LogP contribution in [0.15, 0.2) is 24.3 Å². The Hall–Kier alpha value is -0.780. The van der Waals surface area contributed by atoms with E-state index in [1.165, 1.54) is 17.5 Å². The van der Waals surface area contributed by atoms with Crippen molar-refractivity contribution in [3.63, 3.8) is 0 Å². The Balaban J connectivity index is 0. The van der Waals surface area contributed by atoms with Crippen LogP contribution in [0.5, 0.6) is 0 Å². The molecule has 0 saturated heterocycles. The predicted octanol–water partition coefficient (Wildman–Crippen LogP) is 5.74. The van der Waals surface area contributed by atoms with E-state index in [1.807, 2.05) is 13.8 Å². The molecule has 0 aliphatic heterocycles. The molecule has 0 nitrogen and oxygen atoms in total. The second-order valence-corrected chi connectivity index (χ2v) is 4.82. The fourth-order valence-electron chi connectivity index (χ4n) is 1.05. The van der Waals surface area contributed by atoms with Crippen molar-refractivity contribution in [3.05, 3.63) is 35.4 Å². The third-order valence-corrected chi connectivity index (χ3v) is 1.92. The summed E-state index contributed by atoms with van der Waals surface area (Å²) in [5, 5.41) is 0. The van der Waals surface area contributed by atoms with Gasteiger partial charge in [0.25, 0.3) is 0 Å². The average molecular weight is 222 g/mol. The molecule has 0 spiro atoms. The average Bonchev–Trinajstić information content (AvgIpc) is 2.21. The molecule has 0 N–H and O–H groups in total. The van der Waals surface area contributed by atoms with Gasteiger partial charge in [-0.3, -0.25) is 0 Å². The van der Waals surface area contributed by atoms with Gasteiger partial charge in [-0.15, -0.1) is 0 Å². The van der Waals surface area contributed by atoms with Gasteiger partial charge in [-0.05, 0) is 17.9 Å². The van der Waals surface area contributed by atoms with Crippen molar-refractivity contribution in [2.24, 2.45) is 0 Å². The van der Waals surface area contributed by atoms with Crippen LogP contribution >= 0.6 is 0 Å². The molecule has 0 atom stereocenters. The monoisotopic (exact) mass is 222 g/mol. The molecule has 0 heteroatoms. The molecular formula is C16H30. The summed E-state index contributed by atoms with van der Waals surface area (Å²) in [5.41, 5.74) is 3.02. The third kappa shape index (κ3) is 8.52. The van der Waals surface area contributed by atoms with Crippen LogP contribution in [0.2, 0.25) is 0 Å². The molecule has 0 aliphatic carbocycles. The van der Waals surface area contributed by atoms with E-state index in [0.29, 0.717) is 0 Å². The van der Waals surface area contributed by atoms with E-state index in [9.17, 15) is 0 Å². The van der Waals surface area contributed by atoms with E-state index >= 15 is 0 Å². The topological polar surface area (TPSA) is 0 Å². The second-order valence-electron chi connectivity index (χ2n) is 4.82. The standard InChI is InChI=1S/C11H16.C3H8.C2H6/c1-9-5-7-10(8-6-9)11(2,3)4;1-3-2;1-2/h5-8H,1-4H3;3H2,1-2H3;1-2H3. The summed E-state index contributed by atoms with van der Waals surface area (Å²) >= 11 is 0. The van der Waals surface area contributed by atoms with Crippen molar-refractivity contribution in [2.75, 3.05) is 0 Å². The van der Waals surface area contributed by atoms with Gasteiger partial charge in [-0.25, -0.2) is 0 Å². The lowest BCUT2D eigenvalue weighted by atomic mass is 9.87. The Bertz CT molecular complexity index is 236. The fraction of sp³-hybridized carbons (Fsp3) is 0.625. The minimum atomic E-state index is 0.285. The zero-order valence-electron chi connectivity index (χ0n) is 12.5. The van der Waals surface area contributed by atoms with Crippen LogP contribution < -0.4 is 0 Å². The molecule has 0 unspecified atom stereocenters. The molecule has 0 amide bonds. The first-order valence-corrected chi connectivity index (χ1v) is 6.49. The summed E-state index contributed by atoms with van der Waals surface area (Å²) in [4.78, 5) is 0. The van der Waals surface area contributed by atoms with Gasteiger partial charge in [0.1, 0.15) is 0 Å². The summed E-state index contributed by atoms with van der Waals surface area (Å²) in [5.74, 6) is 0. The van der Waals surface area contributed by atoms with E-state index in [0.717, 1.165) is 0 Å². The second kappa shape index (κ2) is 9.45. The van der Waals surface area contributed by atoms with Crippen molar-refractivity contribution in [1.29, 1.82) is 0 Å². The molecule has 0 radical (unpaired) electrons. The van der Waals surface area contributed by atoms with Crippen molar-refractivity contribution < 1.29 is 0 Å². The molecule has 16 heavy (non-hydrogen) atoms. The van der Waals surface area contributed by atoms with Crippen molar-refractivity contribution in [1.82, 2.24) is 0 Å². The summed E-state index contributed by atoms with van der Waals surface area (Å²) in [6, 6.07) is 8.74. The van der Waals surface area contributed by atoms with Crippen molar-refractivity contribution in [2.45, 2.75) is 67.2 Å². The van der Waals surface area contributed by atoms with Crippen LogP contribution in [-0.4, -0.2) is 0 Å². The van der Waals surface area contributed by atoms with Gasteiger partial charge in [0.2, 0.25) is 0 Å². The lowest BCUT2D eigenvalue weighted by Gasteiger charge is -2.18. The summed E-state index contributed by atoms with van der Waals surface area (Å²) in [7, 11) is 0. The number of hydrogen-bond donors (Lipinski definition) is 0. The lowest BCUT2D eigenvalue weighted by Crippen LogP contribution is -2.10. The lowest BCUT2D eigenvalue weighted by molar-refractivity contribution is 0.590. The molecule has 1 aromatic carbocycles. The maximum Gasteiger partial charge on any atom is -0.0132 e. The van der Waals surface area contributed by atoms with Gasteiger partial charge in [-0.2, -0.15) is 0 Å². The highest BCUT2D eigenvalue weighted by Crippen LogP contribution is 2.21. The van der Waals surface area contributed by atoms with Crippen LogP contribution in [0.3, 0.4) is 0 Å². The van der Waals surface area contributed by atoms with Gasteiger partial charge in [0, 0.05) is 0 Å². The van der Waals surface area contributed by atoms with Gasteiger partial charge >= 0.3 is 0 Å². The molecule has 0 saturated carbocycles. The number of hydrogen-bond acceptors (Lipinski definition) is 0. The smallest absolute Gasteiger partial charge is 0.0132 e. The number of benzene rings is 1. The van der Waals surface area contributed by atoms with Gasteiger partial charge in [0.15, 0.2) is 0 Å². The summed E-state index contributed by atoms with van der Waals surface area (Å²) in [6.45, 7) is 17.1. The zero-order chi connectivity index (χ0) is 13.2. The maximum atomic E-state index is 2.23. The Morgan fingerprint density at radius 1 is 0.875 bits per heavy atom. The van der Waals surface area contributed by atoms with Crippen molar-refractivity contribution in [3.8, 4) is 0 Å². The van der Waals surface area contributed by atoms with E-state index in [-0.39, 0.29) is 5.41 Å². The minimum absolute atomic E-state index is 0.285. The van der Waals surface area contributed by atoms with E-state index in [4.69, 9.17) is 0 Å².